The van der Waals surface area contributed by atoms with Crippen LogP contribution in [0.4, 0.5) is 0 Å². The first-order valence-electron chi connectivity index (χ1n) is 10.4. The molecule has 3 aromatic heterocycles. The van der Waals surface area contributed by atoms with Crippen molar-refractivity contribution in [2.24, 2.45) is 5.92 Å². The summed E-state index contributed by atoms with van der Waals surface area (Å²) in [5.74, 6) is 1.84. The van der Waals surface area contributed by atoms with E-state index in [1.165, 1.54) is 11.3 Å². The van der Waals surface area contributed by atoms with Crippen LogP contribution in [0.5, 0.6) is 0 Å². The molecule has 2 fully saturated rings. The number of carbonyl (C=O) groups is 1. The van der Waals surface area contributed by atoms with Crippen molar-refractivity contribution in [1.82, 2.24) is 20.0 Å². The molecule has 1 amide bonds. The highest BCUT2D eigenvalue weighted by molar-refractivity contribution is 7.12. The van der Waals surface area contributed by atoms with Crippen molar-refractivity contribution in [3.8, 4) is 11.4 Å². The average Bonchev–Trinajstić information content (AvgIpc) is 3.47. The highest BCUT2D eigenvalue weighted by Gasteiger charge is 2.41. The van der Waals surface area contributed by atoms with Gasteiger partial charge in [0, 0.05) is 44.1 Å². The number of hydrogen-bond acceptors (Lipinski definition) is 7. The Hall–Kier alpha value is -2.58. The molecule has 2 aliphatic heterocycles. The van der Waals surface area contributed by atoms with E-state index in [0.717, 1.165) is 62.2 Å². The molecule has 0 radical (unpaired) electrons. The average molecular weight is 425 g/mol. The third-order valence-electron chi connectivity index (χ3n) is 6.14. The lowest BCUT2D eigenvalue weighted by molar-refractivity contribution is -0.123. The number of hydrogen-bond donors (Lipinski definition) is 0. The van der Waals surface area contributed by atoms with Crippen molar-refractivity contribution >= 4 is 17.2 Å². The summed E-state index contributed by atoms with van der Waals surface area (Å²) in [4.78, 5) is 24.1. The van der Waals surface area contributed by atoms with Crippen molar-refractivity contribution in [3.63, 3.8) is 0 Å². The maximum atomic E-state index is 12.6. The van der Waals surface area contributed by atoms with E-state index in [-0.39, 0.29) is 11.5 Å². The number of carbonyl (C=O) groups excluding carboxylic acids is 1. The number of ether oxygens (including phenoxy) is 1. The molecule has 3 aromatic rings. The van der Waals surface area contributed by atoms with Crippen LogP contribution in [0, 0.1) is 5.92 Å². The van der Waals surface area contributed by atoms with Crippen molar-refractivity contribution in [1.29, 1.82) is 0 Å². The lowest BCUT2D eigenvalue weighted by Crippen LogP contribution is -2.50. The molecule has 1 unspecified atom stereocenters. The third-order valence-corrected chi connectivity index (χ3v) is 7.00. The van der Waals surface area contributed by atoms with Crippen LogP contribution in [0.3, 0.4) is 0 Å². The van der Waals surface area contributed by atoms with Gasteiger partial charge in [-0.1, -0.05) is 11.2 Å². The number of pyridine rings is 1. The van der Waals surface area contributed by atoms with E-state index < -0.39 is 0 Å². The fraction of sp³-hybridized carbons (Fsp3) is 0.455. The summed E-state index contributed by atoms with van der Waals surface area (Å²) >= 11 is 1.50. The number of thiophene rings is 1. The van der Waals surface area contributed by atoms with Crippen LogP contribution in [-0.4, -0.2) is 51.2 Å². The molecule has 0 N–H and O–H groups in total. The second-order valence-electron chi connectivity index (χ2n) is 8.12. The number of aromatic nitrogens is 3. The summed E-state index contributed by atoms with van der Waals surface area (Å²) < 4.78 is 11.8. The molecule has 0 saturated carbocycles. The van der Waals surface area contributed by atoms with E-state index in [0.29, 0.717) is 17.6 Å². The summed E-state index contributed by atoms with van der Waals surface area (Å²) in [5.41, 5.74) is 0.722. The minimum Gasteiger partial charge on any atom is -0.375 e. The zero-order valence-corrected chi connectivity index (χ0v) is 17.5. The molecule has 5 heterocycles. The number of rotatable bonds is 4. The van der Waals surface area contributed by atoms with Gasteiger partial charge in [-0.15, -0.1) is 11.3 Å². The highest BCUT2D eigenvalue weighted by atomic mass is 32.1. The van der Waals surface area contributed by atoms with Crippen LogP contribution in [-0.2, 0) is 11.2 Å². The molecule has 156 valence electrons. The van der Waals surface area contributed by atoms with Gasteiger partial charge in [-0.3, -0.25) is 9.78 Å². The summed E-state index contributed by atoms with van der Waals surface area (Å²) in [5, 5.41) is 6.06. The molecule has 7 nitrogen and oxygen atoms in total. The van der Waals surface area contributed by atoms with Crippen molar-refractivity contribution in [3.05, 3.63) is 52.8 Å². The van der Waals surface area contributed by atoms with Gasteiger partial charge in [-0.25, -0.2) is 0 Å². The molecule has 0 aliphatic carbocycles. The molecular formula is C22H24N4O3S. The number of amides is 1. The molecule has 8 heteroatoms. The minimum atomic E-state index is -0.138. The molecular weight excluding hydrogens is 400 g/mol. The smallest absolute Gasteiger partial charge is 0.263 e. The van der Waals surface area contributed by atoms with Gasteiger partial charge in [0.05, 0.1) is 10.5 Å². The Kier molecular flexibility index (Phi) is 5.35. The van der Waals surface area contributed by atoms with Gasteiger partial charge in [0.1, 0.15) is 0 Å². The van der Waals surface area contributed by atoms with Gasteiger partial charge in [-0.05, 0) is 55.2 Å². The van der Waals surface area contributed by atoms with Crippen LogP contribution in [0.1, 0.15) is 41.2 Å². The third kappa shape index (κ3) is 4.02. The molecule has 0 aromatic carbocycles. The number of nitrogens with zero attached hydrogens (tertiary/aromatic N) is 4. The van der Waals surface area contributed by atoms with Gasteiger partial charge in [0.2, 0.25) is 11.7 Å². The fourth-order valence-electron chi connectivity index (χ4n) is 4.52. The van der Waals surface area contributed by atoms with Crippen LogP contribution in [0.15, 0.2) is 46.6 Å². The zero-order valence-electron chi connectivity index (χ0n) is 16.7. The Morgan fingerprint density at radius 3 is 2.93 bits per heavy atom. The Labute approximate surface area is 179 Å². The summed E-state index contributed by atoms with van der Waals surface area (Å²) in [6.45, 7) is 2.23. The first-order valence-corrected chi connectivity index (χ1v) is 11.3. The van der Waals surface area contributed by atoms with Gasteiger partial charge in [-0.2, -0.15) is 4.98 Å². The van der Waals surface area contributed by atoms with Crippen molar-refractivity contribution < 1.29 is 14.1 Å². The molecule has 2 saturated heterocycles. The maximum Gasteiger partial charge on any atom is 0.263 e. The predicted octanol–water partition coefficient (Wildman–Crippen LogP) is 3.84. The Balaban J connectivity index is 1.20. The van der Waals surface area contributed by atoms with Gasteiger partial charge in [0.25, 0.3) is 5.91 Å². The summed E-state index contributed by atoms with van der Waals surface area (Å²) in [7, 11) is 0. The van der Waals surface area contributed by atoms with E-state index in [4.69, 9.17) is 9.26 Å². The largest absolute Gasteiger partial charge is 0.375 e. The molecule has 1 spiro atoms. The number of piperidine rings is 1. The topological polar surface area (TPSA) is 81.4 Å². The fourth-order valence-corrected chi connectivity index (χ4v) is 5.21. The standard InChI is InChI=1S/C22H24N4O3S/c27-21(18-4-2-12-30-18)26-9-6-22(7-10-26)14-16(5-11-28-22)13-19-24-20(25-29-19)17-3-1-8-23-15-17/h1-4,8,12,15-16H,5-7,9-11,13-14H2. The van der Waals surface area contributed by atoms with Crippen LogP contribution >= 0.6 is 11.3 Å². The molecule has 2 aliphatic rings. The van der Waals surface area contributed by atoms with Crippen molar-refractivity contribution in [2.45, 2.75) is 37.7 Å². The maximum absolute atomic E-state index is 12.6. The highest BCUT2D eigenvalue weighted by Crippen LogP contribution is 2.39. The van der Waals surface area contributed by atoms with Gasteiger partial charge >= 0.3 is 0 Å². The monoisotopic (exact) mass is 424 g/mol. The van der Waals surface area contributed by atoms with E-state index in [9.17, 15) is 4.79 Å². The second kappa shape index (κ2) is 8.28. The minimum absolute atomic E-state index is 0.138. The first-order chi connectivity index (χ1) is 14.7. The summed E-state index contributed by atoms with van der Waals surface area (Å²) in [6, 6.07) is 7.61. The normalized spacial score (nSPS) is 21.1. The van der Waals surface area contributed by atoms with E-state index >= 15 is 0 Å². The van der Waals surface area contributed by atoms with Crippen molar-refractivity contribution in [2.75, 3.05) is 19.7 Å². The molecule has 1 atom stereocenters. The first kappa shape index (κ1) is 19.4. The predicted molar refractivity (Wildman–Crippen MR) is 112 cm³/mol. The zero-order chi connectivity index (χ0) is 20.4. The number of likely N-dealkylation sites (tertiary alicyclic amines) is 1. The van der Waals surface area contributed by atoms with E-state index in [1.54, 1.807) is 12.4 Å². The Morgan fingerprint density at radius 2 is 2.17 bits per heavy atom. The Bertz CT molecular complexity index is 981. The van der Waals surface area contributed by atoms with Crippen LogP contribution in [0.25, 0.3) is 11.4 Å². The molecule has 30 heavy (non-hydrogen) atoms. The lowest BCUT2D eigenvalue weighted by Gasteiger charge is -2.46. The van der Waals surface area contributed by atoms with Gasteiger partial charge in [0.15, 0.2) is 0 Å². The van der Waals surface area contributed by atoms with Crippen LogP contribution < -0.4 is 0 Å². The summed E-state index contributed by atoms with van der Waals surface area (Å²) in [6.07, 6.45) is 7.95. The lowest BCUT2D eigenvalue weighted by atomic mass is 9.78. The Morgan fingerprint density at radius 1 is 1.27 bits per heavy atom. The molecule has 0 bridgehead atoms. The SMILES string of the molecule is O=C(c1cccs1)N1CCC2(CC1)CC(Cc1nc(-c3cccnc3)no1)CCO2. The van der Waals surface area contributed by atoms with Gasteiger partial charge < -0.3 is 14.2 Å². The van der Waals surface area contributed by atoms with Crippen LogP contribution in [0.2, 0.25) is 0 Å². The molecule has 5 rings (SSSR count). The van der Waals surface area contributed by atoms with E-state index in [1.807, 2.05) is 34.5 Å². The van der Waals surface area contributed by atoms with E-state index in [2.05, 4.69) is 15.1 Å². The quantitative estimate of drug-likeness (QED) is 0.633. The second-order valence-corrected chi connectivity index (χ2v) is 9.07.